The van der Waals surface area contributed by atoms with Gasteiger partial charge in [0.05, 0.1) is 0 Å². The van der Waals surface area contributed by atoms with E-state index in [4.69, 9.17) is 0 Å². The van der Waals surface area contributed by atoms with Crippen molar-refractivity contribution >= 4 is 0 Å². The number of hydrogen-bond acceptors (Lipinski definition) is 0. The number of hydrogen-bond donors (Lipinski definition) is 0. The fraction of sp³-hybridized carbons (Fsp3) is 0.545. The summed E-state index contributed by atoms with van der Waals surface area (Å²) in [6, 6.07) is 20.0. The summed E-state index contributed by atoms with van der Waals surface area (Å²) in [5, 5.41) is 11.9. The molecule has 152 valence electrons. The first-order chi connectivity index (χ1) is 12.2. The summed E-state index contributed by atoms with van der Waals surface area (Å²) in [7, 11) is 0. The van der Waals surface area contributed by atoms with Crippen LogP contribution in [0.4, 0.5) is 0 Å². The van der Waals surface area contributed by atoms with E-state index >= 15 is 0 Å². The Morgan fingerprint density at radius 3 is 0.692 bits per heavy atom. The van der Waals surface area contributed by atoms with Gasteiger partial charge in [-0.25, -0.2) is 24.3 Å². The van der Waals surface area contributed by atoms with E-state index in [1.54, 1.807) is 0 Å². The molecule has 0 amide bonds. The maximum absolute atomic E-state index is 3.97. The molecule has 3 nitrogen and oxygen atoms in total. The molecule has 0 fully saturated rings. The van der Waals surface area contributed by atoms with Gasteiger partial charge in [0, 0.05) is 21.7 Å². The van der Waals surface area contributed by atoms with Crippen LogP contribution in [0.15, 0.2) is 60.7 Å². The van der Waals surface area contributed by atoms with Gasteiger partial charge in [0.15, 0.2) is 0 Å². The van der Waals surface area contributed by atoms with Gasteiger partial charge in [-0.3, -0.25) is 0 Å². The van der Waals surface area contributed by atoms with E-state index in [-0.39, 0.29) is 21.7 Å². The van der Waals surface area contributed by atoms with Gasteiger partial charge in [-0.2, -0.15) is 75.7 Å². The maximum atomic E-state index is 3.97. The summed E-state index contributed by atoms with van der Waals surface area (Å²) < 4.78 is 0. The molecule has 0 aliphatic carbocycles. The Hall–Kier alpha value is -0.706. The summed E-state index contributed by atoms with van der Waals surface area (Å²) in [6.07, 6.45) is 0. The molecule has 2 aromatic carbocycles. The zero-order valence-electron chi connectivity index (χ0n) is 17.9. The molecule has 0 aliphatic rings. The van der Waals surface area contributed by atoms with Crippen molar-refractivity contribution in [2.45, 2.75) is 41.5 Å². The fourth-order valence-corrected chi connectivity index (χ4v) is 1.31. The summed E-state index contributed by atoms with van der Waals surface area (Å²) in [5.41, 5.74) is 0. The van der Waals surface area contributed by atoms with Crippen LogP contribution >= 0.6 is 0 Å². The van der Waals surface area contributed by atoms with Gasteiger partial charge in [0.2, 0.25) is 0 Å². The third-order valence-corrected chi connectivity index (χ3v) is 2.45. The zero-order chi connectivity index (χ0) is 19.4. The Labute approximate surface area is 179 Å². The molecule has 0 bridgehead atoms. The van der Waals surface area contributed by atoms with Crippen LogP contribution in [0.25, 0.3) is 16.0 Å². The molecule has 0 aromatic heterocycles. The van der Waals surface area contributed by atoms with Crippen LogP contribution in [0.2, 0.25) is 0 Å². The van der Waals surface area contributed by atoms with Gasteiger partial charge in [0.1, 0.15) is 0 Å². The third-order valence-electron chi connectivity index (χ3n) is 2.45. The predicted octanol–water partition coefficient (Wildman–Crippen LogP) is 7.01. The predicted molar refractivity (Wildman–Crippen MR) is 117 cm³/mol. The molecule has 0 saturated heterocycles. The first-order valence-electron chi connectivity index (χ1n) is 9.47. The molecule has 4 heteroatoms. The van der Waals surface area contributed by atoms with E-state index in [1.165, 1.54) is 0 Å². The maximum Gasteiger partial charge on any atom is 0 e. The van der Waals surface area contributed by atoms with Gasteiger partial charge < -0.3 is 16.0 Å². The first-order valence-corrected chi connectivity index (χ1v) is 9.47. The normalized spacial score (nSPS) is 7.92. The van der Waals surface area contributed by atoms with Crippen molar-refractivity contribution in [3.8, 4) is 0 Å². The fourth-order valence-electron chi connectivity index (χ4n) is 1.31. The first kappa shape index (κ1) is 32.9. The molecule has 0 unspecified atom stereocenters. The quantitative estimate of drug-likeness (QED) is 0.374. The molecular weight excluding hydrogens is 354 g/mol. The van der Waals surface area contributed by atoms with Crippen molar-refractivity contribution in [1.82, 2.24) is 0 Å². The molecular formula is C22H40N3Ti-5. The van der Waals surface area contributed by atoms with E-state index in [0.717, 1.165) is 39.3 Å². The third kappa shape index (κ3) is 49.5. The minimum Gasteiger partial charge on any atom is -0.663 e. The second-order valence-electron chi connectivity index (χ2n) is 4.49. The van der Waals surface area contributed by atoms with Crippen molar-refractivity contribution in [1.29, 1.82) is 0 Å². The number of nitrogens with zero attached hydrogens (tertiary/aromatic N) is 3. The molecule has 0 aliphatic heterocycles. The van der Waals surface area contributed by atoms with Gasteiger partial charge in [-0.1, -0.05) is 41.5 Å². The average molecular weight is 394 g/mol. The van der Waals surface area contributed by atoms with Crippen LogP contribution in [0.3, 0.4) is 0 Å². The molecule has 2 aromatic rings. The SMILES string of the molecule is CC[N-]CC.CC[N-]CC.CC[N-]CC.[Ti].c1cc[cH-]c1.c1cc[cH-]c1. The standard InChI is InChI=1S/2C5H5.3C4H10N.Ti/c2*1-2-4-5-3-1;3*1-3-5-4-2;/h2*1-5H;3*3-4H2,1-2H3;/q5*-1;. The zero-order valence-corrected chi connectivity index (χ0v) is 19.4. The Balaban J connectivity index is -0.000000115. The van der Waals surface area contributed by atoms with Crippen molar-refractivity contribution < 1.29 is 21.7 Å². The second kappa shape index (κ2) is 39.4. The Bertz CT molecular complexity index is 253. The van der Waals surface area contributed by atoms with E-state index in [1.807, 2.05) is 102 Å². The summed E-state index contributed by atoms with van der Waals surface area (Å²) >= 11 is 0. The topological polar surface area (TPSA) is 42.3 Å². The van der Waals surface area contributed by atoms with E-state index < -0.39 is 0 Å². The molecule has 2 rings (SSSR count). The van der Waals surface area contributed by atoms with Crippen molar-refractivity contribution in [2.75, 3.05) is 39.3 Å². The van der Waals surface area contributed by atoms with E-state index in [0.29, 0.717) is 0 Å². The van der Waals surface area contributed by atoms with Crippen LogP contribution in [-0.4, -0.2) is 39.3 Å². The molecule has 0 spiro atoms. The Kier molecular flexibility index (Phi) is 49.9. The summed E-state index contributed by atoms with van der Waals surface area (Å²) in [4.78, 5) is 0. The van der Waals surface area contributed by atoms with Gasteiger partial charge in [0.25, 0.3) is 0 Å². The second-order valence-corrected chi connectivity index (χ2v) is 4.49. The largest absolute Gasteiger partial charge is 0.663 e. The van der Waals surface area contributed by atoms with Crippen LogP contribution in [0, 0.1) is 0 Å². The molecule has 0 atom stereocenters. The van der Waals surface area contributed by atoms with E-state index in [9.17, 15) is 0 Å². The number of rotatable bonds is 6. The van der Waals surface area contributed by atoms with Crippen molar-refractivity contribution in [3.05, 3.63) is 76.6 Å². The van der Waals surface area contributed by atoms with E-state index in [2.05, 4.69) is 16.0 Å². The molecule has 26 heavy (non-hydrogen) atoms. The minimum atomic E-state index is 0. The van der Waals surface area contributed by atoms with Crippen molar-refractivity contribution in [2.24, 2.45) is 0 Å². The smallest absolute Gasteiger partial charge is 0 e. The Morgan fingerprint density at radius 1 is 0.462 bits per heavy atom. The average Bonchev–Trinajstić information content (AvgIpc) is 3.37. The molecule has 0 N–H and O–H groups in total. The molecule has 0 radical (unpaired) electrons. The monoisotopic (exact) mass is 394 g/mol. The molecule has 0 heterocycles. The van der Waals surface area contributed by atoms with Crippen molar-refractivity contribution in [3.63, 3.8) is 0 Å². The summed E-state index contributed by atoms with van der Waals surface area (Å²) in [5.74, 6) is 0. The van der Waals surface area contributed by atoms with Gasteiger partial charge >= 0.3 is 0 Å². The molecule has 0 saturated carbocycles. The van der Waals surface area contributed by atoms with Crippen LogP contribution in [0.1, 0.15) is 41.5 Å². The van der Waals surface area contributed by atoms with Gasteiger partial charge in [-0.05, 0) is 0 Å². The van der Waals surface area contributed by atoms with Crippen LogP contribution < -0.4 is 0 Å². The van der Waals surface area contributed by atoms with Crippen LogP contribution in [0.5, 0.6) is 0 Å². The summed E-state index contributed by atoms with van der Waals surface area (Å²) in [6.45, 7) is 18.1. The Morgan fingerprint density at radius 2 is 0.654 bits per heavy atom. The van der Waals surface area contributed by atoms with Crippen LogP contribution in [-0.2, 0) is 21.7 Å². The minimum absolute atomic E-state index is 0. The van der Waals surface area contributed by atoms with Gasteiger partial charge in [-0.15, -0.1) is 0 Å².